The second kappa shape index (κ2) is 13.1. The summed E-state index contributed by atoms with van der Waals surface area (Å²) in [5.74, 6) is 0. The van der Waals surface area contributed by atoms with Gasteiger partial charge in [-0.25, -0.2) is 19.9 Å². The van der Waals surface area contributed by atoms with Gasteiger partial charge >= 0.3 is 0 Å². The van der Waals surface area contributed by atoms with E-state index in [1.807, 2.05) is 39.2 Å². The van der Waals surface area contributed by atoms with Gasteiger partial charge in [0.05, 0.1) is 22.7 Å². The molecule has 0 radical (unpaired) electrons. The highest BCUT2D eigenvalue weighted by molar-refractivity contribution is 6.35. The second-order valence-electron chi connectivity index (χ2n) is 4.39. The molecule has 0 atom stereocenters. The maximum atomic E-state index is 5.91. The second-order valence-corrected chi connectivity index (χ2v) is 5.20. The van der Waals surface area contributed by atoms with Gasteiger partial charge in [-0.1, -0.05) is 58.3 Å². The third kappa shape index (κ3) is 6.19. The third-order valence-electron chi connectivity index (χ3n) is 3.07. The minimum Gasteiger partial charge on any atom is -0.342 e. The molecule has 0 aromatic carbocycles. The molecule has 0 fully saturated rings. The van der Waals surface area contributed by atoms with Crippen LogP contribution in [-0.4, -0.2) is 29.5 Å². The first kappa shape index (κ1) is 24.8. The molecular formula is C19H28Cl2N6. The zero-order valence-corrected chi connectivity index (χ0v) is 17.2. The summed E-state index contributed by atoms with van der Waals surface area (Å²) in [5, 5.41) is 1.31. The fourth-order valence-corrected chi connectivity index (χ4v) is 2.37. The molecule has 8 heteroatoms. The molecule has 4 aromatic rings. The van der Waals surface area contributed by atoms with E-state index in [-0.39, 0.29) is 7.43 Å². The molecule has 0 aliphatic heterocycles. The molecule has 4 heterocycles. The van der Waals surface area contributed by atoms with Crippen molar-refractivity contribution < 1.29 is 0 Å². The summed E-state index contributed by atoms with van der Waals surface area (Å²) in [5.41, 5.74) is 3.09. The zero-order chi connectivity index (χ0) is 19.5. The van der Waals surface area contributed by atoms with E-state index in [9.17, 15) is 0 Å². The van der Waals surface area contributed by atoms with Crippen molar-refractivity contribution in [3.8, 4) is 0 Å². The van der Waals surface area contributed by atoms with Crippen LogP contribution in [0.4, 0.5) is 0 Å². The van der Waals surface area contributed by atoms with Gasteiger partial charge in [0.2, 0.25) is 0 Å². The molecule has 0 aliphatic carbocycles. The van der Waals surface area contributed by atoms with Crippen LogP contribution < -0.4 is 0 Å². The number of halogens is 2. The lowest BCUT2D eigenvalue weighted by atomic mass is 10.4. The van der Waals surface area contributed by atoms with Crippen LogP contribution >= 0.6 is 23.2 Å². The van der Waals surface area contributed by atoms with Crippen LogP contribution in [0.2, 0.25) is 10.0 Å². The highest BCUT2D eigenvalue weighted by Crippen LogP contribution is 2.19. The van der Waals surface area contributed by atoms with Crippen LogP contribution in [0.3, 0.4) is 0 Å². The number of fused-ring (bicyclic) bond motifs is 2. The maximum absolute atomic E-state index is 5.91. The highest BCUT2D eigenvalue weighted by Gasteiger charge is 2.04. The van der Waals surface area contributed by atoms with E-state index in [4.69, 9.17) is 23.2 Å². The Balaban J connectivity index is 0.000000414. The first-order chi connectivity index (χ1) is 12.7. The van der Waals surface area contributed by atoms with Crippen molar-refractivity contribution in [2.75, 3.05) is 0 Å². The summed E-state index contributed by atoms with van der Waals surface area (Å²) < 4.78 is 1.96. The van der Waals surface area contributed by atoms with Gasteiger partial charge in [0.1, 0.15) is 11.0 Å². The zero-order valence-electron chi connectivity index (χ0n) is 15.7. The minimum absolute atomic E-state index is 0. The summed E-state index contributed by atoms with van der Waals surface area (Å²) in [6, 6.07) is 3.47. The molecule has 0 saturated carbocycles. The summed E-state index contributed by atoms with van der Waals surface area (Å²) >= 11 is 11.7. The highest BCUT2D eigenvalue weighted by atomic mass is 35.5. The topological polar surface area (TPSA) is 72.3 Å². The van der Waals surface area contributed by atoms with Gasteiger partial charge in [0.25, 0.3) is 0 Å². The lowest BCUT2D eigenvalue weighted by Crippen LogP contribution is -1.92. The van der Waals surface area contributed by atoms with Crippen LogP contribution in [0, 0.1) is 0 Å². The molecule has 4 rings (SSSR count). The number of imidazole rings is 2. The number of hydrogen-bond acceptors (Lipinski definition) is 4. The van der Waals surface area contributed by atoms with Gasteiger partial charge in [0, 0.05) is 18.9 Å². The number of H-pyrrole nitrogens is 1. The Kier molecular flexibility index (Phi) is 12.0. The molecule has 0 aliphatic rings. The van der Waals surface area contributed by atoms with Crippen molar-refractivity contribution in [3.05, 3.63) is 47.2 Å². The van der Waals surface area contributed by atoms with Gasteiger partial charge in [-0.3, -0.25) is 0 Å². The number of nitrogens with one attached hydrogen (secondary N) is 1. The average Bonchev–Trinajstić information content (AvgIpc) is 3.34. The van der Waals surface area contributed by atoms with Crippen LogP contribution in [0.1, 0.15) is 42.0 Å². The number of pyridine rings is 2. The smallest absolute Gasteiger partial charge is 0.178 e. The number of aryl methyl sites for hydroxylation is 1. The first-order valence-corrected chi connectivity index (χ1v) is 9.35. The Hall–Kier alpha value is -2.18. The van der Waals surface area contributed by atoms with Crippen molar-refractivity contribution in [1.29, 1.82) is 0 Å². The van der Waals surface area contributed by atoms with E-state index in [2.05, 4.69) is 24.9 Å². The largest absolute Gasteiger partial charge is 0.342 e. The van der Waals surface area contributed by atoms with Gasteiger partial charge < -0.3 is 9.55 Å². The number of aromatic amines is 1. The molecule has 27 heavy (non-hydrogen) atoms. The molecule has 4 aromatic heterocycles. The van der Waals surface area contributed by atoms with E-state index in [0.29, 0.717) is 15.7 Å². The van der Waals surface area contributed by atoms with Gasteiger partial charge in [-0.15, -0.1) is 0 Å². The molecule has 0 bridgehead atoms. The standard InChI is InChI=1S/C8H8ClN3.C6H4ClN3.2C2H6.CH4/c1-2-12-5-11-7-6(9)3-4-10-8(7)12;7-4-1-2-8-6-5(4)9-3-10-6;2*1-2;/h3-5H,2H2,1H3;1-3H,(H,8,9,10);2*1-2H3;1H4. The van der Waals surface area contributed by atoms with Gasteiger partial charge in [-0.05, 0) is 19.1 Å². The Labute approximate surface area is 171 Å². The van der Waals surface area contributed by atoms with E-state index in [1.165, 1.54) is 0 Å². The molecule has 1 N–H and O–H groups in total. The predicted octanol–water partition coefficient (Wildman–Crippen LogP) is 6.40. The maximum Gasteiger partial charge on any atom is 0.178 e. The lowest BCUT2D eigenvalue weighted by Gasteiger charge is -1.96. The Bertz CT molecular complexity index is 917. The Morgan fingerprint density at radius 3 is 2.19 bits per heavy atom. The quantitative estimate of drug-likeness (QED) is 0.393. The Morgan fingerprint density at radius 2 is 1.56 bits per heavy atom. The van der Waals surface area contributed by atoms with E-state index >= 15 is 0 Å². The SMILES string of the molecule is C.CC.CC.CCn1cnc2c(Cl)ccnc21.Clc1ccnc2nc[nH]c12. The summed E-state index contributed by atoms with van der Waals surface area (Å²) in [6.45, 7) is 10.9. The summed E-state index contributed by atoms with van der Waals surface area (Å²) in [6.07, 6.45) is 6.65. The minimum atomic E-state index is 0. The van der Waals surface area contributed by atoms with E-state index < -0.39 is 0 Å². The number of rotatable bonds is 1. The molecule has 0 unspecified atom stereocenters. The van der Waals surface area contributed by atoms with E-state index in [1.54, 1.807) is 37.2 Å². The molecule has 0 amide bonds. The number of nitrogens with zero attached hydrogens (tertiary/aromatic N) is 5. The fraction of sp³-hybridized carbons (Fsp3) is 0.368. The van der Waals surface area contributed by atoms with Crippen LogP contribution in [0.15, 0.2) is 37.2 Å². The summed E-state index contributed by atoms with van der Waals surface area (Å²) in [4.78, 5) is 19.1. The monoisotopic (exact) mass is 410 g/mol. The van der Waals surface area contributed by atoms with Gasteiger partial charge in [0.15, 0.2) is 11.3 Å². The normalized spacial score (nSPS) is 9.15. The van der Waals surface area contributed by atoms with Crippen molar-refractivity contribution >= 4 is 45.5 Å². The predicted molar refractivity (Wildman–Crippen MR) is 117 cm³/mol. The molecule has 0 spiro atoms. The van der Waals surface area contributed by atoms with Crippen LogP contribution in [0.25, 0.3) is 22.3 Å². The average molecular weight is 411 g/mol. The van der Waals surface area contributed by atoms with Crippen LogP contribution in [-0.2, 0) is 6.54 Å². The number of hydrogen-bond donors (Lipinski definition) is 1. The molecule has 6 nitrogen and oxygen atoms in total. The van der Waals surface area contributed by atoms with Crippen molar-refractivity contribution in [3.63, 3.8) is 0 Å². The first-order valence-electron chi connectivity index (χ1n) is 8.59. The molecule has 148 valence electrons. The fourth-order valence-electron chi connectivity index (χ4n) is 1.98. The lowest BCUT2D eigenvalue weighted by molar-refractivity contribution is 0.778. The summed E-state index contributed by atoms with van der Waals surface area (Å²) in [7, 11) is 0. The van der Waals surface area contributed by atoms with Crippen LogP contribution in [0.5, 0.6) is 0 Å². The van der Waals surface area contributed by atoms with Gasteiger partial charge in [-0.2, -0.15) is 0 Å². The van der Waals surface area contributed by atoms with Crippen molar-refractivity contribution in [2.45, 2.75) is 48.6 Å². The van der Waals surface area contributed by atoms with Crippen molar-refractivity contribution in [2.24, 2.45) is 0 Å². The molecule has 0 saturated heterocycles. The van der Waals surface area contributed by atoms with E-state index in [0.717, 1.165) is 23.2 Å². The molecular weight excluding hydrogens is 383 g/mol. The van der Waals surface area contributed by atoms with Crippen molar-refractivity contribution in [1.82, 2.24) is 29.5 Å². The Morgan fingerprint density at radius 1 is 0.926 bits per heavy atom. The number of aromatic nitrogens is 6. The third-order valence-corrected chi connectivity index (χ3v) is 3.69.